The first-order valence-corrected chi connectivity index (χ1v) is 9.35. The molecule has 0 aliphatic carbocycles. The molecule has 27 heavy (non-hydrogen) atoms. The van der Waals surface area contributed by atoms with Crippen molar-refractivity contribution in [3.05, 3.63) is 54.1 Å². The Hall–Kier alpha value is -2.69. The lowest BCUT2D eigenvalue weighted by Crippen LogP contribution is -2.31. The van der Waals surface area contributed by atoms with E-state index in [9.17, 15) is 4.79 Å². The van der Waals surface area contributed by atoms with Crippen molar-refractivity contribution in [2.75, 3.05) is 38.8 Å². The summed E-state index contributed by atoms with van der Waals surface area (Å²) >= 11 is 0. The number of hydrogen-bond donors (Lipinski definition) is 0. The highest BCUT2D eigenvalue weighted by Gasteiger charge is 2.14. The van der Waals surface area contributed by atoms with Crippen molar-refractivity contribution in [3.63, 3.8) is 0 Å². The maximum atomic E-state index is 12.6. The zero-order valence-corrected chi connectivity index (χ0v) is 16.9. The van der Waals surface area contributed by atoms with Crippen LogP contribution in [0.5, 0.6) is 11.5 Å². The summed E-state index contributed by atoms with van der Waals surface area (Å²) in [6.45, 7) is 8.29. The highest BCUT2D eigenvalue weighted by atomic mass is 16.5. The first-order valence-electron chi connectivity index (χ1n) is 9.35. The molecular weight excluding hydrogens is 340 g/mol. The zero-order chi connectivity index (χ0) is 19.8. The Morgan fingerprint density at radius 1 is 1.04 bits per heavy atom. The van der Waals surface area contributed by atoms with Crippen LogP contribution in [0.1, 0.15) is 31.1 Å². The van der Waals surface area contributed by atoms with Gasteiger partial charge in [0.25, 0.3) is 5.91 Å². The molecular formula is C22H30N2O3. The van der Waals surface area contributed by atoms with Crippen molar-refractivity contribution in [2.24, 2.45) is 0 Å². The molecule has 1 amide bonds. The van der Waals surface area contributed by atoms with Crippen molar-refractivity contribution in [3.8, 4) is 11.5 Å². The van der Waals surface area contributed by atoms with Gasteiger partial charge >= 0.3 is 0 Å². The van der Waals surface area contributed by atoms with E-state index in [2.05, 4.69) is 25.7 Å². The highest BCUT2D eigenvalue weighted by Crippen LogP contribution is 2.25. The quantitative estimate of drug-likeness (QED) is 0.667. The Morgan fingerprint density at radius 3 is 2.22 bits per heavy atom. The van der Waals surface area contributed by atoms with Crippen molar-refractivity contribution in [2.45, 2.75) is 26.8 Å². The molecule has 0 aliphatic heterocycles. The molecule has 5 heteroatoms. The predicted octanol–water partition coefficient (Wildman–Crippen LogP) is 4.08. The molecule has 0 aliphatic rings. The Bertz CT molecular complexity index is 729. The van der Waals surface area contributed by atoms with Gasteiger partial charge in [0.05, 0.1) is 13.7 Å². The average Bonchev–Trinajstić information content (AvgIpc) is 2.68. The number of benzene rings is 2. The van der Waals surface area contributed by atoms with Crippen molar-refractivity contribution in [1.82, 2.24) is 4.90 Å². The lowest BCUT2D eigenvalue weighted by molar-refractivity contribution is 0.0773. The van der Waals surface area contributed by atoms with Crippen LogP contribution in [0.25, 0.3) is 0 Å². The number of carbonyl (C=O) groups is 1. The van der Waals surface area contributed by atoms with Crippen molar-refractivity contribution >= 4 is 11.6 Å². The summed E-state index contributed by atoms with van der Waals surface area (Å²) in [7, 11) is 3.40. The number of likely N-dealkylation sites (N-methyl/N-ethyl adjacent to an activating group) is 1. The van der Waals surface area contributed by atoms with Gasteiger partial charge < -0.3 is 19.3 Å². The Kier molecular flexibility index (Phi) is 7.53. The van der Waals surface area contributed by atoms with Gasteiger partial charge in [-0.1, -0.05) is 12.1 Å². The molecule has 2 aromatic rings. The summed E-state index contributed by atoms with van der Waals surface area (Å²) in [6.07, 6.45) is 0. The largest absolute Gasteiger partial charge is 0.493 e. The van der Waals surface area contributed by atoms with Gasteiger partial charge in [-0.2, -0.15) is 0 Å². The van der Waals surface area contributed by atoms with Crippen LogP contribution in [0.2, 0.25) is 0 Å². The number of nitrogens with zero attached hydrogens (tertiary/aromatic N) is 2. The fraction of sp³-hybridized carbons (Fsp3) is 0.409. The molecule has 0 saturated carbocycles. The average molecular weight is 370 g/mol. The smallest absolute Gasteiger partial charge is 0.253 e. The second-order valence-corrected chi connectivity index (χ2v) is 6.65. The maximum Gasteiger partial charge on any atom is 0.253 e. The van der Waals surface area contributed by atoms with Crippen molar-refractivity contribution < 1.29 is 14.3 Å². The normalized spacial score (nSPS) is 10.6. The van der Waals surface area contributed by atoms with E-state index in [0.29, 0.717) is 36.3 Å². The van der Waals surface area contributed by atoms with E-state index in [1.165, 1.54) is 0 Å². The van der Waals surface area contributed by atoms with Crippen LogP contribution in [-0.4, -0.2) is 50.7 Å². The zero-order valence-electron chi connectivity index (χ0n) is 16.9. The van der Waals surface area contributed by atoms with E-state index in [-0.39, 0.29) is 5.91 Å². The first-order chi connectivity index (χ1) is 13.0. The van der Waals surface area contributed by atoms with Crippen LogP contribution in [0, 0.1) is 0 Å². The van der Waals surface area contributed by atoms with Gasteiger partial charge in [0.2, 0.25) is 0 Å². The summed E-state index contributed by atoms with van der Waals surface area (Å²) in [5, 5.41) is 0. The topological polar surface area (TPSA) is 42.0 Å². The van der Waals surface area contributed by atoms with Gasteiger partial charge in [-0.15, -0.1) is 0 Å². The Balaban J connectivity index is 1.93. The third kappa shape index (κ3) is 5.39. The first kappa shape index (κ1) is 20.6. The van der Waals surface area contributed by atoms with E-state index in [1.807, 2.05) is 48.5 Å². The lowest BCUT2D eigenvalue weighted by atomic mass is 10.1. The molecule has 0 spiro atoms. The molecule has 2 aromatic carbocycles. The molecule has 0 heterocycles. The second kappa shape index (κ2) is 9.86. The molecule has 0 bridgehead atoms. The van der Waals surface area contributed by atoms with Gasteiger partial charge in [0, 0.05) is 30.9 Å². The van der Waals surface area contributed by atoms with Crippen LogP contribution >= 0.6 is 0 Å². The lowest BCUT2D eigenvalue weighted by Gasteiger charge is -2.27. The number of anilines is 1. The van der Waals surface area contributed by atoms with Crippen LogP contribution < -0.4 is 14.4 Å². The number of methoxy groups -OCH3 is 1. The molecule has 0 radical (unpaired) electrons. The van der Waals surface area contributed by atoms with Crippen LogP contribution in [-0.2, 0) is 0 Å². The van der Waals surface area contributed by atoms with Gasteiger partial charge in [0.15, 0.2) is 11.5 Å². The maximum absolute atomic E-state index is 12.6. The summed E-state index contributed by atoms with van der Waals surface area (Å²) < 4.78 is 11.0. The standard InChI is InChI=1S/C22H30N2O3/c1-6-24(17(2)3)19-13-11-18(12-14-19)22(25)23(4)15-16-27-21-10-8-7-9-20(21)26-5/h7-14,17H,6,15-16H2,1-5H3. The number of carbonyl (C=O) groups excluding carboxylic acids is 1. The number of para-hydroxylation sites is 2. The van der Waals surface area contributed by atoms with E-state index in [1.54, 1.807) is 19.1 Å². The third-order valence-electron chi connectivity index (χ3n) is 4.51. The number of amides is 1. The molecule has 146 valence electrons. The predicted molar refractivity (Wildman–Crippen MR) is 110 cm³/mol. The molecule has 0 saturated heterocycles. The summed E-state index contributed by atoms with van der Waals surface area (Å²) in [6, 6.07) is 15.7. The summed E-state index contributed by atoms with van der Waals surface area (Å²) in [4.78, 5) is 16.6. The molecule has 0 atom stereocenters. The SMILES string of the molecule is CCN(c1ccc(C(=O)N(C)CCOc2ccccc2OC)cc1)C(C)C. The minimum absolute atomic E-state index is 0.0160. The van der Waals surface area contributed by atoms with Gasteiger partial charge in [-0.3, -0.25) is 4.79 Å². The molecule has 0 unspecified atom stereocenters. The third-order valence-corrected chi connectivity index (χ3v) is 4.51. The van der Waals surface area contributed by atoms with Gasteiger partial charge in [0.1, 0.15) is 6.61 Å². The van der Waals surface area contributed by atoms with Crippen LogP contribution in [0.4, 0.5) is 5.69 Å². The van der Waals surface area contributed by atoms with Crippen LogP contribution in [0.15, 0.2) is 48.5 Å². The minimum Gasteiger partial charge on any atom is -0.493 e. The van der Waals surface area contributed by atoms with E-state index in [0.717, 1.165) is 12.2 Å². The van der Waals surface area contributed by atoms with Crippen molar-refractivity contribution in [1.29, 1.82) is 0 Å². The fourth-order valence-corrected chi connectivity index (χ4v) is 2.99. The number of hydrogen-bond acceptors (Lipinski definition) is 4. The number of rotatable bonds is 9. The molecule has 2 rings (SSSR count). The fourth-order valence-electron chi connectivity index (χ4n) is 2.99. The van der Waals surface area contributed by atoms with Gasteiger partial charge in [-0.25, -0.2) is 0 Å². The van der Waals surface area contributed by atoms with Gasteiger partial charge in [-0.05, 0) is 57.2 Å². The number of ether oxygens (including phenoxy) is 2. The van der Waals surface area contributed by atoms with E-state index >= 15 is 0 Å². The van der Waals surface area contributed by atoms with E-state index < -0.39 is 0 Å². The molecule has 0 N–H and O–H groups in total. The summed E-state index contributed by atoms with van der Waals surface area (Å²) in [5.41, 5.74) is 1.81. The molecule has 5 nitrogen and oxygen atoms in total. The second-order valence-electron chi connectivity index (χ2n) is 6.65. The monoisotopic (exact) mass is 370 g/mol. The van der Waals surface area contributed by atoms with Crippen LogP contribution in [0.3, 0.4) is 0 Å². The summed E-state index contributed by atoms with van der Waals surface area (Å²) in [5.74, 6) is 1.35. The minimum atomic E-state index is -0.0160. The van der Waals surface area contributed by atoms with E-state index in [4.69, 9.17) is 9.47 Å². The highest BCUT2D eigenvalue weighted by molar-refractivity contribution is 5.94. The molecule has 0 aromatic heterocycles. The molecule has 0 fully saturated rings. The Morgan fingerprint density at radius 2 is 1.67 bits per heavy atom. The Labute approximate surface area is 162 Å².